The summed E-state index contributed by atoms with van der Waals surface area (Å²) in [6.45, 7) is 4.32. The van der Waals surface area contributed by atoms with Gasteiger partial charge in [0, 0.05) is 29.5 Å². The molecule has 3 heterocycles. The lowest BCUT2D eigenvalue weighted by molar-refractivity contribution is 0.746. The fraction of sp³-hybridized carbons (Fsp3) is 0.538. The zero-order chi connectivity index (χ0) is 12.7. The van der Waals surface area contributed by atoms with Gasteiger partial charge in [0.25, 0.3) is 0 Å². The Kier molecular flexibility index (Phi) is 2.93. The monoisotopic (exact) mass is 262 g/mol. The summed E-state index contributed by atoms with van der Waals surface area (Å²) in [5, 5.41) is 9.88. The first-order valence-corrected chi connectivity index (χ1v) is 7.36. The Morgan fingerprint density at radius 1 is 1.50 bits per heavy atom. The van der Waals surface area contributed by atoms with E-state index in [1.165, 1.54) is 12.2 Å². The molecule has 5 heteroatoms. The van der Waals surface area contributed by atoms with Crippen molar-refractivity contribution in [3.8, 4) is 0 Å². The summed E-state index contributed by atoms with van der Waals surface area (Å²) in [5.41, 5.74) is 3.10. The van der Waals surface area contributed by atoms with Crippen molar-refractivity contribution in [2.45, 2.75) is 31.6 Å². The number of nitrogens with zero attached hydrogens (tertiary/aromatic N) is 3. The molecule has 0 amide bonds. The number of fused-ring (bicyclic) bond motifs is 1. The van der Waals surface area contributed by atoms with Crippen LogP contribution in [0.3, 0.4) is 0 Å². The third-order valence-corrected chi connectivity index (χ3v) is 4.79. The zero-order valence-electron chi connectivity index (χ0n) is 11.0. The quantitative estimate of drug-likeness (QED) is 0.903. The van der Waals surface area contributed by atoms with Gasteiger partial charge in [0.1, 0.15) is 0 Å². The standard InChI is InChI=1S/C13H18N4S/c1-8-4-11(7-18-8)15-10-5-12-9(2)16-17(3)13(12)14-6-10/h5-6,8,11,15H,4,7H2,1-3H3. The summed E-state index contributed by atoms with van der Waals surface area (Å²) < 4.78 is 1.84. The molecular formula is C13H18N4S. The molecule has 1 aliphatic heterocycles. The summed E-state index contributed by atoms with van der Waals surface area (Å²) in [6, 6.07) is 2.74. The summed E-state index contributed by atoms with van der Waals surface area (Å²) in [4.78, 5) is 4.49. The van der Waals surface area contributed by atoms with Crippen LogP contribution < -0.4 is 5.32 Å². The molecule has 1 saturated heterocycles. The van der Waals surface area contributed by atoms with E-state index in [4.69, 9.17) is 0 Å². The van der Waals surface area contributed by atoms with Crippen LogP contribution in [0.1, 0.15) is 19.0 Å². The van der Waals surface area contributed by atoms with Crippen LogP contribution in [0.15, 0.2) is 12.3 Å². The first-order valence-electron chi connectivity index (χ1n) is 6.31. The minimum absolute atomic E-state index is 0.571. The largest absolute Gasteiger partial charge is 0.380 e. The highest BCUT2D eigenvalue weighted by atomic mass is 32.2. The molecule has 0 aromatic carbocycles. The second-order valence-corrected chi connectivity index (χ2v) is 6.50. The second-order valence-electron chi connectivity index (χ2n) is 5.03. The van der Waals surface area contributed by atoms with Gasteiger partial charge >= 0.3 is 0 Å². The van der Waals surface area contributed by atoms with Crippen LogP contribution in [0.4, 0.5) is 5.69 Å². The Morgan fingerprint density at radius 3 is 3.06 bits per heavy atom. The molecule has 2 aromatic rings. The smallest absolute Gasteiger partial charge is 0.157 e. The van der Waals surface area contributed by atoms with Crippen LogP contribution in [-0.2, 0) is 7.05 Å². The Labute approximate surface area is 111 Å². The number of nitrogens with one attached hydrogen (secondary N) is 1. The summed E-state index contributed by atoms with van der Waals surface area (Å²) in [7, 11) is 1.94. The van der Waals surface area contributed by atoms with Crippen LogP contribution in [0, 0.1) is 6.92 Å². The van der Waals surface area contributed by atoms with E-state index in [1.807, 2.05) is 36.6 Å². The van der Waals surface area contributed by atoms with Gasteiger partial charge in [0.05, 0.1) is 17.6 Å². The van der Waals surface area contributed by atoms with Gasteiger partial charge in [0.15, 0.2) is 5.65 Å². The number of anilines is 1. The van der Waals surface area contributed by atoms with Crippen molar-refractivity contribution in [2.24, 2.45) is 7.05 Å². The molecule has 2 aromatic heterocycles. The van der Waals surface area contributed by atoms with Crippen LogP contribution in [-0.4, -0.2) is 31.8 Å². The van der Waals surface area contributed by atoms with E-state index in [0.717, 1.165) is 27.7 Å². The van der Waals surface area contributed by atoms with E-state index in [2.05, 4.69) is 28.4 Å². The molecule has 96 valence electrons. The molecule has 0 bridgehead atoms. The molecule has 0 spiro atoms. The lowest BCUT2D eigenvalue weighted by atomic mass is 10.2. The van der Waals surface area contributed by atoms with E-state index in [1.54, 1.807) is 0 Å². The highest BCUT2D eigenvalue weighted by Gasteiger charge is 2.21. The van der Waals surface area contributed by atoms with E-state index >= 15 is 0 Å². The average molecular weight is 262 g/mol. The Morgan fingerprint density at radius 2 is 2.33 bits per heavy atom. The summed E-state index contributed by atoms with van der Waals surface area (Å²) in [5.74, 6) is 1.19. The SMILES string of the molecule is Cc1nn(C)c2ncc(NC3CSC(C)C3)cc12. The lowest BCUT2D eigenvalue weighted by Crippen LogP contribution is -2.18. The summed E-state index contributed by atoms with van der Waals surface area (Å²) in [6.07, 6.45) is 3.14. The maximum absolute atomic E-state index is 4.49. The maximum Gasteiger partial charge on any atom is 0.157 e. The fourth-order valence-corrected chi connectivity index (χ4v) is 3.69. The van der Waals surface area contributed by atoms with Gasteiger partial charge < -0.3 is 5.32 Å². The average Bonchev–Trinajstić information content (AvgIpc) is 2.85. The molecule has 2 atom stereocenters. The van der Waals surface area contributed by atoms with Crippen molar-refractivity contribution in [1.82, 2.24) is 14.8 Å². The van der Waals surface area contributed by atoms with E-state index in [-0.39, 0.29) is 0 Å². The molecule has 1 fully saturated rings. The molecule has 0 aliphatic carbocycles. The van der Waals surface area contributed by atoms with Gasteiger partial charge in [-0.25, -0.2) is 4.98 Å². The molecule has 3 rings (SSSR count). The molecule has 0 radical (unpaired) electrons. The van der Waals surface area contributed by atoms with Gasteiger partial charge in [0.2, 0.25) is 0 Å². The van der Waals surface area contributed by atoms with E-state index < -0.39 is 0 Å². The first-order chi connectivity index (χ1) is 8.63. The normalized spacial score (nSPS) is 23.7. The molecule has 0 saturated carbocycles. The van der Waals surface area contributed by atoms with Gasteiger partial charge in [-0.3, -0.25) is 4.68 Å². The Bertz CT molecular complexity index is 578. The van der Waals surface area contributed by atoms with E-state index in [0.29, 0.717) is 6.04 Å². The van der Waals surface area contributed by atoms with Crippen LogP contribution in [0.5, 0.6) is 0 Å². The van der Waals surface area contributed by atoms with Crippen LogP contribution in [0.25, 0.3) is 11.0 Å². The van der Waals surface area contributed by atoms with Crippen molar-refractivity contribution in [1.29, 1.82) is 0 Å². The van der Waals surface area contributed by atoms with Crippen molar-refractivity contribution in [3.05, 3.63) is 18.0 Å². The Balaban J connectivity index is 1.87. The fourth-order valence-electron chi connectivity index (χ4n) is 2.54. The zero-order valence-corrected chi connectivity index (χ0v) is 11.8. The van der Waals surface area contributed by atoms with Crippen molar-refractivity contribution in [3.63, 3.8) is 0 Å². The van der Waals surface area contributed by atoms with Gasteiger partial charge in [-0.2, -0.15) is 16.9 Å². The minimum atomic E-state index is 0.571. The molecular weight excluding hydrogens is 244 g/mol. The number of hydrogen-bond donors (Lipinski definition) is 1. The van der Waals surface area contributed by atoms with Crippen LogP contribution >= 0.6 is 11.8 Å². The predicted molar refractivity (Wildman–Crippen MR) is 77.2 cm³/mol. The van der Waals surface area contributed by atoms with Gasteiger partial charge in [-0.1, -0.05) is 6.92 Å². The minimum Gasteiger partial charge on any atom is -0.380 e. The number of aromatic nitrogens is 3. The third-order valence-electron chi connectivity index (χ3n) is 3.43. The number of thioether (sulfide) groups is 1. The van der Waals surface area contributed by atoms with Crippen molar-refractivity contribution in [2.75, 3.05) is 11.1 Å². The molecule has 18 heavy (non-hydrogen) atoms. The summed E-state index contributed by atoms with van der Waals surface area (Å²) >= 11 is 2.04. The maximum atomic E-state index is 4.49. The van der Waals surface area contributed by atoms with Crippen LogP contribution in [0.2, 0.25) is 0 Å². The topological polar surface area (TPSA) is 42.7 Å². The molecule has 4 nitrogen and oxygen atoms in total. The lowest BCUT2D eigenvalue weighted by Gasteiger charge is -2.12. The second kappa shape index (κ2) is 4.46. The van der Waals surface area contributed by atoms with Gasteiger partial charge in [-0.15, -0.1) is 0 Å². The third kappa shape index (κ3) is 2.07. The molecule has 1 N–H and O–H groups in total. The van der Waals surface area contributed by atoms with Crippen molar-refractivity contribution >= 4 is 28.5 Å². The predicted octanol–water partition coefficient (Wildman–Crippen LogP) is 2.58. The highest BCUT2D eigenvalue weighted by molar-refractivity contribution is 8.00. The van der Waals surface area contributed by atoms with Gasteiger partial charge in [-0.05, 0) is 19.4 Å². The Hall–Kier alpha value is -1.23. The molecule has 2 unspecified atom stereocenters. The van der Waals surface area contributed by atoms with E-state index in [9.17, 15) is 0 Å². The number of hydrogen-bond acceptors (Lipinski definition) is 4. The molecule has 1 aliphatic rings. The first kappa shape index (κ1) is 11.8. The number of aryl methyl sites for hydroxylation is 2. The van der Waals surface area contributed by atoms with Crippen molar-refractivity contribution < 1.29 is 0 Å². The highest BCUT2D eigenvalue weighted by Crippen LogP contribution is 2.29. The number of pyridine rings is 1. The number of rotatable bonds is 2.